The maximum atomic E-state index is 12.6. The van der Waals surface area contributed by atoms with Crippen LogP contribution < -0.4 is 10.1 Å². The van der Waals surface area contributed by atoms with Gasteiger partial charge in [-0.3, -0.25) is 14.9 Å². The molecule has 0 fully saturated rings. The van der Waals surface area contributed by atoms with Gasteiger partial charge in [-0.2, -0.15) is 0 Å². The number of aliphatic hydroxyl groups excluding tert-OH is 1. The Hall–Kier alpha value is -3.36. The lowest BCUT2D eigenvalue weighted by molar-refractivity contribution is -0.384. The van der Waals surface area contributed by atoms with Crippen LogP contribution in [-0.2, 0) is 6.61 Å². The fourth-order valence-electron chi connectivity index (χ4n) is 2.59. The molecule has 0 aliphatic carbocycles. The predicted octanol–water partition coefficient (Wildman–Crippen LogP) is 4.26. The van der Waals surface area contributed by atoms with Crippen molar-refractivity contribution < 1.29 is 24.0 Å². The summed E-state index contributed by atoms with van der Waals surface area (Å²) in [5, 5.41) is 22.8. The largest absolute Gasteiger partial charge is 0.496 e. The van der Waals surface area contributed by atoms with E-state index in [4.69, 9.17) is 25.9 Å². The molecule has 8 nitrogen and oxygen atoms in total. The van der Waals surface area contributed by atoms with Gasteiger partial charge in [-0.25, -0.2) is 0 Å². The molecule has 2 aromatic carbocycles. The molecule has 28 heavy (non-hydrogen) atoms. The van der Waals surface area contributed by atoms with Crippen molar-refractivity contribution in [1.82, 2.24) is 0 Å². The molecule has 144 valence electrons. The molecule has 0 spiro atoms. The highest BCUT2D eigenvalue weighted by molar-refractivity contribution is 6.34. The average Bonchev–Trinajstić information content (AvgIpc) is 3.17. The van der Waals surface area contributed by atoms with Crippen LogP contribution in [0.4, 0.5) is 11.4 Å². The Bertz CT molecular complexity index is 1050. The van der Waals surface area contributed by atoms with Crippen LogP contribution in [0.25, 0.3) is 11.3 Å². The molecule has 0 unspecified atom stereocenters. The second kappa shape index (κ2) is 8.12. The summed E-state index contributed by atoms with van der Waals surface area (Å²) in [5.74, 6) is 0.741. The van der Waals surface area contributed by atoms with E-state index in [-0.39, 0.29) is 22.9 Å². The van der Waals surface area contributed by atoms with E-state index in [0.29, 0.717) is 28.5 Å². The molecule has 1 amide bonds. The molecule has 0 bridgehead atoms. The second-order valence-electron chi connectivity index (χ2n) is 5.71. The molecule has 0 atom stereocenters. The highest BCUT2D eigenvalue weighted by atomic mass is 35.5. The van der Waals surface area contributed by atoms with Gasteiger partial charge in [0.05, 0.1) is 28.2 Å². The quantitative estimate of drug-likeness (QED) is 0.470. The number of ether oxygens (including phenoxy) is 1. The van der Waals surface area contributed by atoms with Gasteiger partial charge in [-0.15, -0.1) is 0 Å². The number of nitro groups is 1. The fraction of sp³-hybridized carbons (Fsp3) is 0.105. The first-order chi connectivity index (χ1) is 13.4. The van der Waals surface area contributed by atoms with Crippen molar-refractivity contribution in [3.8, 4) is 17.1 Å². The number of halogens is 1. The van der Waals surface area contributed by atoms with Gasteiger partial charge in [0, 0.05) is 17.8 Å². The third-order valence-electron chi connectivity index (χ3n) is 3.95. The number of hydrogen-bond donors (Lipinski definition) is 2. The second-order valence-corrected chi connectivity index (χ2v) is 6.12. The van der Waals surface area contributed by atoms with Gasteiger partial charge in [0.25, 0.3) is 11.6 Å². The fourth-order valence-corrected chi connectivity index (χ4v) is 2.79. The number of nitrogens with zero attached hydrogens (tertiary/aromatic N) is 1. The van der Waals surface area contributed by atoms with Crippen LogP contribution in [0.15, 0.2) is 52.9 Å². The third kappa shape index (κ3) is 3.98. The standard InChI is InChI=1S/C19H15ClN2O6/c1-27-17-6-2-11(8-15(17)18-7-4-13(10-23)28-18)21-19(24)14-9-12(22(25)26)3-5-16(14)20/h2-9,23H,10H2,1H3,(H,21,24). The predicted molar refractivity (Wildman–Crippen MR) is 103 cm³/mol. The number of rotatable bonds is 6. The minimum atomic E-state index is -0.603. The topological polar surface area (TPSA) is 115 Å². The summed E-state index contributed by atoms with van der Waals surface area (Å²) < 4.78 is 10.8. The van der Waals surface area contributed by atoms with E-state index in [0.717, 1.165) is 6.07 Å². The van der Waals surface area contributed by atoms with E-state index in [9.17, 15) is 14.9 Å². The van der Waals surface area contributed by atoms with Crippen LogP contribution in [0.1, 0.15) is 16.1 Å². The van der Waals surface area contributed by atoms with Crippen molar-refractivity contribution >= 4 is 28.9 Å². The normalized spacial score (nSPS) is 10.5. The third-order valence-corrected chi connectivity index (χ3v) is 4.28. The van der Waals surface area contributed by atoms with Crippen molar-refractivity contribution in [2.75, 3.05) is 12.4 Å². The number of amides is 1. The van der Waals surface area contributed by atoms with Gasteiger partial charge in [0.15, 0.2) is 0 Å². The summed E-state index contributed by atoms with van der Waals surface area (Å²) >= 11 is 6.01. The Kier molecular flexibility index (Phi) is 5.62. The first-order valence-electron chi connectivity index (χ1n) is 8.06. The lowest BCUT2D eigenvalue weighted by atomic mass is 10.1. The molecule has 3 rings (SSSR count). The van der Waals surface area contributed by atoms with Crippen molar-refractivity contribution in [2.24, 2.45) is 0 Å². The zero-order chi connectivity index (χ0) is 20.3. The number of carbonyl (C=O) groups excluding carboxylic acids is 1. The monoisotopic (exact) mass is 402 g/mol. The number of hydrogen-bond acceptors (Lipinski definition) is 6. The Morgan fingerprint density at radius 1 is 1.25 bits per heavy atom. The smallest absolute Gasteiger partial charge is 0.270 e. The zero-order valence-corrected chi connectivity index (χ0v) is 15.4. The molecule has 0 saturated heterocycles. The summed E-state index contributed by atoms with van der Waals surface area (Å²) in [4.78, 5) is 22.9. The van der Waals surface area contributed by atoms with E-state index >= 15 is 0 Å². The van der Waals surface area contributed by atoms with Gasteiger partial charge in [0.1, 0.15) is 23.9 Å². The number of furan rings is 1. The summed E-state index contributed by atoms with van der Waals surface area (Å²) in [7, 11) is 1.50. The minimum absolute atomic E-state index is 0.0196. The number of aliphatic hydroxyl groups is 1. The van der Waals surface area contributed by atoms with E-state index < -0.39 is 10.8 Å². The van der Waals surface area contributed by atoms with Gasteiger partial charge < -0.3 is 19.6 Å². The minimum Gasteiger partial charge on any atom is -0.496 e. The zero-order valence-electron chi connectivity index (χ0n) is 14.6. The number of methoxy groups -OCH3 is 1. The lowest BCUT2D eigenvalue weighted by Gasteiger charge is -2.11. The summed E-state index contributed by atoms with van der Waals surface area (Å²) in [6.07, 6.45) is 0. The van der Waals surface area contributed by atoms with Crippen LogP contribution in [0, 0.1) is 10.1 Å². The first kappa shape index (κ1) is 19.4. The number of carbonyl (C=O) groups is 1. The van der Waals surface area contributed by atoms with Gasteiger partial charge >= 0.3 is 0 Å². The first-order valence-corrected chi connectivity index (χ1v) is 8.44. The Morgan fingerprint density at radius 3 is 2.68 bits per heavy atom. The van der Waals surface area contributed by atoms with Crippen LogP contribution in [0.5, 0.6) is 5.75 Å². The summed E-state index contributed by atoms with van der Waals surface area (Å²) in [6, 6.07) is 11.8. The molecule has 0 aliphatic heterocycles. The Morgan fingerprint density at radius 2 is 2.04 bits per heavy atom. The van der Waals surface area contributed by atoms with Crippen LogP contribution >= 0.6 is 11.6 Å². The highest BCUT2D eigenvalue weighted by Gasteiger charge is 2.17. The maximum Gasteiger partial charge on any atom is 0.270 e. The van der Waals surface area contributed by atoms with Crippen LogP contribution in [-0.4, -0.2) is 23.0 Å². The molecule has 2 N–H and O–H groups in total. The number of nitro benzene ring substituents is 1. The van der Waals surface area contributed by atoms with Crippen LogP contribution in [0.3, 0.4) is 0 Å². The van der Waals surface area contributed by atoms with Crippen LogP contribution in [0.2, 0.25) is 5.02 Å². The molecule has 0 radical (unpaired) electrons. The van der Waals surface area contributed by atoms with E-state index in [1.54, 1.807) is 30.3 Å². The van der Waals surface area contributed by atoms with Gasteiger partial charge in [-0.05, 0) is 36.4 Å². The van der Waals surface area contributed by atoms with Crippen molar-refractivity contribution in [1.29, 1.82) is 0 Å². The number of anilines is 1. The molecule has 0 saturated carbocycles. The number of benzene rings is 2. The van der Waals surface area contributed by atoms with Crippen molar-refractivity contribution in [2.45, 2.75) is 6.61 Å². The lowest BCUT2D eigenvalue weighted by Crippen LogP contribution is -2.13. The maximum absolute atomic E-state index is 12.6. The molecule has 3 aromatic rings. The molecule has 0 aliphatic rings. The number of non-ortho nitro benzene ring substituents is 1. The van der Waals surface area contributed by atoms with Crippen molar-refractivity contribution in [3.05, 3.63) is 75.0 Å². The SMILES string of the molecule is COc1ccc(NC(=O)c2cc([N+](=O)[O-])ccc2Cl)cc1-c1ccc(CO)o1. The molecule has 1 aromatic heterocycles. The van der Waals surface area contributed by atoms with E-state index in [2.05, 4.69) is 5.32 Å². The number of nitrogens with one attached hydrogen (secondary N) is 1. The summed E-state index contributed by atoms with van der Waals surface area (Å²) in [5.41, 5.74) is 0.710. The molecule has 1 heterocycles. The molecular weight excluding hydrogens is 388 g/mol. The molecule has 9 heteroatoms. The highest BCUT2D eigenvalue weighted by Crippen LogP contribution is 2.34. The Balaban J connectivity index is 1.92. The average molecular weight is 403 g/mol. The molecular formula is C19H15ClN2O6. The summed E-state index contributed by atoms with van der Waals surface area (Å²) in [6.45, 7) is -0.246. The van der Waals surface area contributed by atoms with Crippen molar-refractivity contribution in [3.63, 3.8) is 0 Å². The van der Waals surface area contributed by atoms with E-state index in [1.807, 2.05) is 0 Å². The van der Waals surface area contributed by atoms with E-state index in [1.165, 1.54) is 19.2 Å². The van der Waals surface area contributed by atoms with Gasteiger partial charge in [-0.1, -0.05) is 11.6 Å². The van der Waals surface area contributed by atoms with Gasteiger partial charge in [0.2, 0.25) is 0 Å². The Labute approximate surface area is 164 Å².